The molecule has 6 aliphatic rings. The van der Waals surface area contributed by atoms with Crippen molar-refractivity contribution in [3.05, 3.63) is 59.3 Å². The smallest absolute Gasteiger partial charge is 0.316 e. The van der Waals surface area contributed by atoms with Gasteiger partial charge in [0.1, 0.15) is 35.5 Å². The van der Waals surface area contributed by atoms with Crippen LogP contribution in [0.4, 0.5) is 0 Å². The van der Waals surface area contributed by atoms with E-state index in [9.17, 15) is 20.2 Å². The first-order valence-corrected chi connectivity index (χ1v) is 19.3. The number of hydrogen-bond acceptors (Lipinski definition) is 12. The lowest BCUT2D eigenvalue weighted by Crippen LogP contribution is -2.57. The van der Waals surface area contributed by atoms with Gasteiger partial charge in [0.25, 0.3) is 0 Å². The van der Waals surface area contributed by atoms with Crippen LogP contribution in [-0.2, 0) is 38.0 Å². The molecule has 5 aliphatic heterocycles. The second-order valence-electron chi connectivity index (χ2n) is 16.0. The van der Waals surface area contributed by atoms with Gasteiger partial charge in [-0.3, -0.25) is 4.79 Å². The molecule has 294 valence electrons. The van der Waals surface area contributed by atoms with Gasteiger partial charge in [-0.15, -0.1) is 0 Å². The zero-order chi connectivity index (χ0) is 38.2. The van der Waals surface area contributed by atoms with Gasteiger partial charge in [-0.25, -0.2) is 0 Å². The zero-order valence-corrected chi connectivity index (χ0v) is 32.3. The molecule has 0 radical (unpaired) electrons. The van der Waals surface area contributed by atoms with Gasteiger partial charge in [-0.05, 0) is 55.9 Å². The topological polar surface area (TPSA) is 155 Å². The second-order valence-corrected chi connectivity index (χ2v) is 16.0. The Kier molecular flexibility index (Phi) is 12.2. The number of esters is 1. The molecule has 0 aromatic rings. The number of allylic oxidation sites excluding steroid dienone is 2. The number of oxime groups is 1. The summed E-state index contributed by atoms with van der Waals surface area (Å²) in [4.78, 5) is 14.3. The van der Waals surface area contributed by atoms with Crippen LogP contribution in [0.1, 0.15) is 80.6 Å². The van der Waals surface area contributed by atoms with Gasteiger partial charge in [0, 0.05) is 38.2 Å². The van der Waals surface area contributed by atoms with E-state index in [2.05, 4.69) is 38.1 Å². The van der Waals surface area contributed by atoms with Crippen molar-refractivity contribution < 1.29 is 53.4 Å². The summed E-state index contributed by atoms with van der Waals surface area (Å²) in [6, 6.07) is 0. The Morgan fingerprint density at radius 1 is 1.09 bits per heavy atom. The van der Waals surface area contributed by atoms with Gasteiger partial charge >= 0.3 is 5.97 Å². The minimum Gasteiger partial charge on any atom is -0.462 e. The van der Waals surface area contributed by atoms with Crippen LogP contribution in [0.2, 0.25) is 0 Å². The standard InChI is InChI=1S/C41H59NO11/c1-9-22(2)37-25(5)15-16-40(53-37)20-30-18-29(52-40)14-13-24(4)36(51-33-19-32(47-8)35(43)27(7)49-33)23(3)11-10-12-28-21-48-38-34(42-46)26(6)17-31(39(44)50-30)41(28,38)45/h10-13,15-17,22-23,25,27,29-33,35-38,43,45-46H,9,14,18-21H2,1-8H3/b11-10-,24-13-,28-12?,42-34+/t22?,23-,25-,27-,29+,30-,31-,32-,33-,35-,36-,37+,38+,40+,41+/m0/s1. The first kappa shape index (κ1) is 40.0. The molecule has 3 N–H and O–H groups in total. The fourth-order valence-electron chi connectivity index (χ4n) is 8.86. The summed E-state index contributed by atoms with van der Waals surface area (Å²) in [6.45, 7) is 14.1. The van der Waals surface area contributed by atoms with Gasteiger partial charge in [-0.2, -0.15) is 0 Å². The van der Waals surface area contributed by atoms with E-state index in [0.29, 0.717) is 36.8 Å². The van der Waals surface area contributed by atoms with Gasteiger partial charge < -0.3 is 48.6 Å². The van der Waals surface area contributed by atoms with Gasteiger partial charge in [0.15, 0.2) is 12.1 Å². The third-order valence-corrected chi connectivity index (χ3v) is 12.2. The number of hydrogen-bond donors (Lipinski definition) is 3. The summed E-state index contributed by atoms with van der Waals surface area (Å²) in [5, 5.41) is 36.5. The third-order valence-electron chi connectivity index (χ3n) is 12.2. The molecular weight excluding hydrogens is 682 g/mol. The lowest BCUT2D eigenvalue weighted by Gasteiger charge is -2.48. The molecule has 53 heavy (non-hydrogen) atoms. The second kappa shape index (κ2) is 16.2. The van der Waals surface area contributed by atoms with E-state index in [1.165, 1.54) is 0 Å². The zero-order valence-electron chi connectivity index (χ0n) is 32.3. The maximum absolute atomic E-state index is 14.3. The molecule has 6 rings (SSSR count). The Hall–Kier alpha value is -2.68. The van der Waals surface area contributed by atoms with Crippen LogP contribution in [0.5, 0.6) is 0 Å². The SMILES string of the molecule is CCC(C)[C@H]1O[C@]2(C=C[C@@H]1C)C[C@@H]1C[C@@H](C/C=C(/C)[C@@H](O[C@H]3C[C@H](OC)[C@@H](O)[C@H](C)O3)[C@@H](C)/C=C\C=C3CO[C@@H]4/C(=N/O)C(C)=C[C@@H](C(=O)O1)[C@]34O)O2. The van der Waals surface area contributed by atoms with E-state index >= 15 is 0 Å². The lowest BCUT2D eigenvalue weighted by atomic mass is 9.71. The molecule has 0 aromatic heterocycles. The normalized spacial score (nSPS) is 46.5. The Balaban J connectivity index is 1.40. The monoisotopic (exact) mass is 741 g/mol. The average Bonchev–Trinajstić information content (AvgIpc) is 3.46. The van der Waals surface area contributed by atoms with Crippen molar-refractivity contribution in [2.75, 3.05) is 13.7 Å². The predicted octanol–water partition coefficient (Wildman–Crippen LogP) is 5.31. The molecule has 12 nitrogen and oxygen atoms in total. The number of nitrogens with zero attached hydrogens (tertiary/aromatic N) is 1. The molecule has 15 atom stereocenters. The number of ether oxygens (including phenoxy) is 7. The fraction of sp³-hybridized carbons (Fsp3) is 0.707. The summed E-state index contributed by atoms with van der Waals surface area (Å²) in [5.41, 5.74) is 0.259. The van der Waals surface area contributed by atoms with Crippen molar-refractivity contribution in [3.8, 4) is 0 Å². The number of aliphatic hydroxyl groups is 2. The third kappa shape index (κ3) is 7.89. The first-order chi connectivity index (χ1) is 25.2. The number of aliphatic hydroxyl groups excluding tert-OH is 1. The Morgan fingerprint density at radius 2 is 1.87 bits per heavy atom. The predicted molar refractivity (Wildman–Crippen MR) is 196 cm³/mol. The van der Waals surface area contributed by atoms with Crippen LogP contribution in [0.3, 0.4) is 0 Å². The number of rotatable bonds is 5. The van der Waals surface area contributed by atoms with Crippen LogP contribution in [-0.4, -0.2) is 107 Å². The molecule has 1 unspecified atom stereocenters. The highest BCUT2D eigenvalue weighted by molar-refractivity contribution is 6.06. The lowest BCUT2D eigenvalue weighted by molar-refractivity contribution is -0.300. The van der Waals surface area contributed by atoms with Gasteiger partial charge in [0.2, 0.25) is 0 Å². The maximum atomic E-state index is 14.3. The fourth-order valence-corrected chi connectivity index (χ4v) is 8.86. The number of methoxy groups -OCH3 is 1. The summed E-state index contributed by atoms with van der Waals surface area (Å²) in [7, 11) is 1.58. The molecule has 3 saturated heterocycles. The van der Waals surface area contributed by atoms with E-state index < -0.39 is 66.2 Å². The largest absolute Gasteiger partial charge is 0.462 e. The van der Waals surface area contributed by atoms with Crippen molar-refractivity contribution in [1.29, 1.82) is 0 Å². The first-order valence-electron chi connectivity index (χ1n) is 19.3. The highest BCUT2D eigenvalue weighted by Crippen LogP contribution is 2.46. The van der Waals surface area contributed by atoms with Crippen LogP contribution in [0.15, 0.2) is 64.4 Å². The molecule has 5 heterocycles. The summed E-state index contributed by atoms with van der Waals surface area (Å²) < 4.78 is 44.4. The molecule has 0 saturated carbocycles. The van der Waals surface area contributed by atoms with E-state index in [-0.39, 0.29) is 42.3 Å². The molecule has 0 aromatic carbocycles. The minimum atomic E-state index is -1.85. The quantitative estimate of drug-likeness (QED) is 0.145. The van der Waals surface area contributed by atoms with E-state index in [1.807, 2.05) is 32.1 Å². The van der Waals surface area contributed by atoms with E-state index in [0.717, 1.165) is 12.0 Å². The Morgan fingerprint density at radius 3 is 2.58 bits per heavy atom. The molecule has 0 amide bonds. The maximum Gasteiger partial charge on any atom is 0.316 e. The van der Waals surface area contributed by atoms with Gasteiger partial charge in [-0.1, -0.05) is 75.7 Å². The van der Waals surface area contributed by atoms with Crippen molar-refractivity contribution >= 4 is 11.7 Å². The molecule has 1 aliphatic carbocycles. The molecule has 1 spiro atoms. The molecule has 12 heteroatoms. The summed E-state index contributed by atoms with van der Waals surface area (Å²) in [5.74, 6) is -2.54. The molecule has 2 bridgehead atoms. The molecular formula is C41H59NO11. The number of fused-ring (bicyclic) bond motifs is 2. The Labute approximate surface area is 313 Å². The van der Waals surface area contributed by atoms with Crippen molar-refractivity contribution in [2.45, 2.75) is 147 Å². The van der Waals surface area contributed by atoms with Gasteiger partial charge in [0.05, 0.1) is 37.1 Å². The van der Waals surface area contributed by atoms with Crippen molar-refractivity contribution in [2.24, 2.45) is 28.8 Å². The number of carbonyl (C=O) groups excluding carboxylic acids is 1. The summed E-state index contributed by atoms with van der Waals surface area (Å²) in [6.07, 6.45) is 11.1. The van der Waals surface area contributed by atoms with Crippen molar-refractivity contribution in [3.63, 3.8) is 0 Å². The molecule has 3 fully saturated rings. The van der Waals surface area contributed by atoms with Crippen LogP contribution in [0.25, 0.3) is 0 Å². The minimum absolute atomic E-state index is 0.0213. The van der Waals surface area contributed by atoms with E-state index in [4.69, 9.17) is 33.2 Å². The van der Waals surface area contributed by atoms with Crippen molar-refractivity contribution in [1.82, 2.24) is 0 Å². The van der Waals surface area contributed by atoms with Crippen LogP contribution >= 0.6 is 0 Å². The highest BCUT2D eigenvalue weighted by atomic mass is 16.7. The van der Waals surface area contributed by atoms with Crippen LogP contribution < -0.4 is 0 Å². The summed E-state index contributed by atoms with van der Waals surface area (Å²) >= 11 is 0. The van der Waals surface area contributed by atoms with Crippen LogP contribution in [0, 0.1) is 23.7 Å². The Bertz CT molecular complexity index is 1530. The average molecular weight is 742 g/mol. The van der Waals surface area contributed by atoms with E-state index in [1.54, 1.807) is 33.1 Å². The highest BCUT2D eigenvalue weighted by Gasteiger charge is 2.59. The number of carbonyl (C=O) groups is 1.